The Morgan fingerprint density at radius 2 is 1.92 bits per heavy atom. The van der Waals surface area contributed by atoms with Crippen molar-refractivity contribution >= 4 is 32.1 Å². The summed E-state index contributed by atoms with van der Waals surface area (Å²) < 4.78 is 23.2. The lowest BCUT2D eigenvalue weighted by Gasteiger charge is -2.22. The molecule has 1 spiro atoms. The number of nitrogens with one attached hydrogen (secondary N) is 1. The predicted molar refractivity (Wildman–Crippen MR) is 97.4 cm³/mol. The Kier molecular flexibility index (Phi) is 4.16. The van der Waals surface area contributed by atoms with E-state index in [1.165, 1.54) is 11.3 Å². The zero-order valence-corrected chi connectivity index (χ0v) is 15.8. The van der Waals surface area contributed by atoms with Crippen molar-refractivity contribution in [3.05, 3.63) is 16.0 Å². The molecule has 3 aliphatic rings. The van der Waals surface area contributed by atoms with Crippen LogP contribution in [0.1, 0.15) is 54.5 Å². The highest BCUT2D eigenvalue weighted by atomic mass is 32.2. The van der Waals surface area contributed by atoms with Crippen LogP contribution >= 0.6 is 11.3 Å². The van der Waals surface area contributed by atoms with E-state index in [4.69, 9.17) is 0 Å². The van der Waals surface area contributed by atoms with Crippen molar-refractivity contribution in [3.8, 4) is 6.07 Å². The average molecular weight is 379 g/mol. The van der Waals surface area contributed by atoms with Crippen LogP contribution in [0.25, 0.3) is 0 Å². The Hall–Kier alpha value is -1.39. The van der Waals surface area contributed by atoms with E-state index in [0.29, 0.717) is 23.4 Å². The Morgan fingerprint density at radius 1 is 1.20 bits per heavy atom. The van der Waals surface area contributed by atoms with Crippen LogP contribution in [-0.2, 0) is 27.5 Å². The van der Waals surface area contributed by atoms with Gasteiger partial charge in [0, 0.05) is 10.8 Å². The molecule has 1 unspecified atom stereocenters. The molecular weight excluding hydrogens is 356 g/mol. The monoisotopic (exact) mass is 378 g/mol. The van der Waals surface area contributed by atoms with Crippen molar-refractivity contribution < 1.29 is 13.2 Å². The molecule has 1 saturated carbocycles. The number of aryl methyl sites for hydroxylation is 1. The van der Waals surface area contributed by atoms with Crippen LogP contribution in [0.15, 0.2) is 0 Å². The minimum absolute atomic E-state index is 0.0350. The van der Waals surface area contributed by atoms with Crippen molar-refractivity contribution in [2.75, 3.05) is 16.8 Å². The van der Waals surface area contributed by atoms with Gasteiger partial charge in [0.15, 0.2) is 0 Å². The molecule has 25 heavy (non-hydrogen) atoms. The Balaban J connectivity index is 1.49. The number of carbonyl (C=O) groups is 1. The first kappa shape index (κ1) is 17.0. The summed E-state index contributed by atoms with van der Waals surface area (Å²) in [5, 5.41) is 13.3. The van der Waals surface area contributed by atoms with Crippen molar-refractivity contribution in [3.63, 3.8) is 0 Å². The van der Waals surface area contributed by atoms with E-state index in [1.54, 1.807) is 11.3 Å². The van der Waals surface area contributed by atoms with E-state index in [2.05, 4.69) is 11.4 Å². The van der Waals surface area contributed by atoms with Gasteiger partial charge in [-0.05, 0) is 55.9 Å². The number of anilines is 1. The number of thiophene rings is 1. The summed E-state index contributed by atoms with van der Waals surface area (Å²) in [6.45, 7) is 0. The number of nitriles is 1. The molecule has 1 atom stereocenters. The highest BCUT2D eigenvalue weighted by molar-refractivity contribution is 7.91. The van der Waals surface area contributed by atoms with Crippen molar-refractivity contribution in [1.82, 2.24) is 0 Å². The number of fused-ring (bicyclic) bond motifs is 1. The Labute approximate surface area is 152 Å². The molecule has 0 aromatic carbocycles. The quantitative estimate of drug-likeness (QED) is 0.801. The van der Waals surface area contributed by atoms with E-state index in [1.807, 2.05) is 0 Å². The fraction of sp³-hybridized carbons (Fsp3) is 0.667. The lowest BCUT2D eigenvalue weighted by atomic mass is 9.96. The van der Waals surface area contributed by atoms with Gasteiger partial charge >= 0.3 is 0 Å². The van der Waals surface area contributed by atoms with Crippen LogP contribution < -0.4 is 5.32 Å². The first-order valence-corrected chi connectivity index (χ1v) is 11.6. The lowest BCUT2D eigenvalue weighted by Crippen LogP contribution is -2.28. The summed E-state index contributed by atoms with van der Waals surface area (Å²) in [5.74, 6) is 0.268. The number of amides is 1. The first-order chi connectivity index (χ1) is 11.9. The SMILES string of the molecule is N#Cc1c(NC(=O)C2CC23CCS(=O)(=O)CC3)sc2c1CCCCC2. The molecule has 134 valence electrons. The Bertz CT molecular complexity index is 850. The van der Waals surface area contributed by atoms with E-state index in [9.17, 15) is 18.5 Å². The van der Waals surface area contributed by atoms with E-state index in [0.717, 1.165) is 37.7 Å². The normalized spacial score (nSPS) is 26.3. The summed E-state index contributed by atoms with van der Waals surface area (Å²) in [5.41, 5.74) is 1.67. The molecule has 1 saturated heterocycles. The van der Waals surface area contributed by atoms with Crippen molar-refractivity contribution in [2.24, 2.45) is 11.3 Å². The zero-order valence-electron chi connectivity index (χ0n) is 14.1. The molecule has 4 rings (SSSR count). The van der Waals surface area contributed by atoms with Crippen LogP contribution in [0, 0.1) is 22.7 Å². The molecule has 1 aromatic heterocycles. The number of carbonyl (C=O) groups excluding carboxylic acids is 1. The van der Waals surface area contributed by atoms with Gasteiger partial charge < -0.3 is 5.32 Å². The topological polar surface area (TPSA) is 87.0 Å². The fourth-order valence-corrected chi connectivity index (χ4v) is 7.25. The van der Waals surface area contributed by atoms with Crippen molar-refractivity contribution in [1.29, 1.82) is 5.26 Å². The smallest absolute Gasteiger partial charge is 0.228 e. The minimum atomic E-state index is -2.91. The molecular formula is C18H22N2O3S2. The number of sulfone groups is 1. The molecule has 1 aromatic rings. The first-order valence-electron chi connectivity index (χ1n) is 9.00. The van der Waals surface area contributed by atoms with Crippen LogP contribution in [-0.4, -0.2) is 25.8 Å². The van der Waals surface area contributed by atoms with Gasteiger partial charge in [-0.3, -0.25) is 4.79 Å². The second kappa shape index (κ2) is 6.10. The largest absolute Gasteiger partial charge is 0.316 e. The maximum atomic E-state index is 12.7. The minimum Gasteiger partial charge on any atom is -0.316 e. The second-order valence-corrected chi connectivity index (χ2v) is 11.0. The van der Waals surface area contributed by atoms with Gasteiger partial charge in [-0.15, -0.1) is 11.3 Å². The third-order valence-corrected chi connectivity index (χ3v) is 8.96. The number of rotatable bonds is 2. The molecule has 2 fully saturated rings. The van der Waals surface area contributed by atoms with E-state index < -0.39 is 9.84 Å². The average Bonchev–Trinajstić information content (AvgIpc) is 3.26. The molecule has 1 aliphatic heterocycles. The predicted octanol–water partition coefficient (Wildman–Crippen LogP) is 3.04. The molecule has 0 bridgehead atoms. The van der Waals surface area contributed by atoms with Crippen LogP contribution in [0.3, 0.4) is 0 Å². The van der Waals surface area contributed by atoms with Crippen LogP contribution in [0.2, 0.25) is 0 Å². The highest BCUT2D eigenvalue weighted by Crippen LogP contribution is 2.60. The molecule has 2 aliphatic carbocycles. The molecule has 5 nitrogen and oxygen atoms in total. The molecule has 1 amide bonds. The fourth-order valence-electron chi connectivity index (χ4n) is 4.36. The second-order valence-electron chi connectivity index (χ2n) is 7.64. The summed E-state index contributed by atoms with van der Waals surface area (Å²) in [4.78, 5) is 13.9. The molecule has 1 N–H and O–H groups in total. The standard InChI is InChI=1S/C18H22N2O3S2/c19-11-13-12-4-2-1-3-5-15(12)24-17(13)20-16(21)14-10-18(14)6-8-25(22,23)9-7-18/h14H,1-10H2,(H,20,21). The maximum Gasteiger partial charge on any atom is 0.228 e. The van der Waals surface area contributed by atoms with Gasteiger partial charge in [0.05, 0.1) is 17.1 Å². The third-order valence-electron chi connectivity index (χ3n) is 6.10. The third kappa shape index (κ3) is 3.11. The summed E-state index contributed by atoms with van der Waals surface area (Å²) in [7, 11) is -2.91. The van der Waals surface area contributed by atoms with Gasteiger partial charge in [0.25, 0.3) is 0 Å². The zero-order chi connectivity index (χ0) is 17.7. The number of hydrogen-bond acceptors (Lipinski definition) is 5. The van der Waals surface area contributed by atoms with E-state index >= 15 is 0 Å². The molecule has 0 radical (unpaired) electrons. The summed E-state index contributed by atoms with van der Waals surface area (Å²) >= 11 is 1.56. The summed E-state index contributed by atoms with van der Waals surface area (Å²) in [6, 6.07) is 2.29. The number of hydrogen-bond donors (Lipinski definition) is 1. The molecule has 2 heterocycles. The Morgan fingerprint density at radius 3 is 2.64 bits per heavy atom. The van der Waals surface area contributed by atoms with Crippen LogP contribution in [0.4, 0.5) is 5.00 Å². The summed E-state index contributed by atoms with van der Waals surface area (Å²) in [6.07, 6.45) is 7.34. The highest BCUT2D eigenvalue weighted by Gasteiger charge is 2.59. The maximum absolute atomic E-state index is 12.7. The lowest BCUT2D eigenvalue weighted by molar-refractivity contribution is -0.118. The van der Waals surface area contributed by atoms with Gasteiger partial charge in [0.2, 0.25) is 5.91 Å². The van der Waals surface area contributed by atoms with Gasteiger partial charge in [-0.2, -0.15) is 5.26 Å². The van der Waals surface area contributed by atoms with Crippen LogP contribution in [0.5, 0.6) is 0 Å². The van der Waals surface area contributed by atoms with Crippen molar-refractivity contribution in [2.45, 2.75) is 51.4 Å². The van der Waals surface area contributed by atoms with Gasteiger partial charge in [-0.1, -0.05) is 6.42 Å². The molecule has 7 heteroatoms. The number of nitrogens with zero attached hydrogens (tertiary/aromatic N) is 1. The van der Waals surface area contributed by atoms with Gasteiger partial charge in [0.1, 0.15) is 20.9 Å². The van der Waals surface area contributed by atoms with E-state index in [-0.39, 0.29) is 28.7 Å². The van der Waals surface area contributed by atoms with Gasteiger partial charge in [-0.25, -0.2) is 8.42 Å².